The number of carbonyl (C=O) groups excluding carboxylic acids is 1. The molecule has 12 heavy (non-hydrogen) atoms. The Bertz CT molecular complexity index is 167. The lowest BCUT2D eigenvalue weighted by Crippen LogP contribution is -2.34. The van der Waals surface area contributed by atoms with Crippen LogP contribution < -0.4 is 0 Å². The number of rotatable bonds is 3. The Kier molecular flexibility index (Phi) is 2.89. The Morgan fingerprint density at radius 3 is 2.58 bits per heavy atom. The van der Waals surface area contributed by atoms with Crippen LogP contribution >= 0.6 is 0 Å². The summed E-state index contributed by atoms with van der Waals surface area (Å²) in [5.74, 6) is 0.522. The predicted molar refractivity (Wildman–Crippen MR) is 48.0 cm³/mol. The molecule has 70 valence electrons. The van der Waals surface area contributed by atoms with Crippen molar-refractivity contribution in [3.63, 3.8) is 0 Å². The van der Waals surface area contributed by atoms with E-state index < -0.39 is 0 Å². The van der Waals surface area contributed by atoms with Crippen LogP contribution in [0.1, 0.15) is 33.6 Å². The van der Waals surface area contributed by atoms with Crippen LogP contribution in [0.3, 0.4) is 0 Å². The second-order valence-corrected chi connectivity index (χ2v) is 3.96. The summed E-state index contributed by atoms with van der Waals surface area (Å²) in [4.78, 5) is 11.8. The largest absolute Gasteiger partial charge is 0.380 e. The number of carbonyl (C=O) groups is 1. The van der Waals surface area contributed by atoms with E-state index in [0.29, 0.717) is 12.4 Å². The third-order valence-electron chi connectivity index (χ3n) is 2.83. The maximum Gasteiger partial charge on any atom is 0.143 e. The summed E-state index contributed by atoms with van der Waals surface area (Å²) in [6.07, 6.45) is 1.84. The molecule has 2 heteroatoms. The monoisotopic (exact) mass is 170 g/mol. The molecule has 1 aliphatic rings. The summed E-state index contributed by atoms with van der Waals surface area (Å²) in [6, 6.07) is 0. The van der Waals surface area contributed by atoms with Gasteiger partial charge in [0.15, 0.2) is 0 Å². The van der Waals surface area contributed by atoms with E-state index in [1.165, 1.54) is 0 Å². The molecule has 2 nitrogen and oxygen atoms in total. The molecule has 0 radical (unpaired) electrons. The summed E-state index contributed by atoms with van der Waals surface area (Å²) >= 11 is 0. The molecule has 0 bridgehead atoms. The molecule has 0 aliphatic carbocycles. The SMILES string of the molecule is CC[C@@]1(C(=O)C(C)C)CCOC1. The summed E-state index contributed by atoms with van der Waals surface area (Å²) < 4.78 is 5.30. The maximum atomic E-state index is 11.8. The minimum Gasteiger partial charge on any atom is -0.380 e. The summed E-state index contributed by atoms with van der Waals surface area (Å²) in [5, 5.41) is 0. The van der Waals surface area contributed by atoms with Crippen molar-refractivity contribution < 1.29 is 9.53 Å². The van der Waals surface area contributed by atoms with Crippen molar-refractivity contribution in [2.75, 3.05) is 13.2 Å². The second kappa shape index (κ2) is 3.56. The van der Waals surface area contributed by atoms with Gasteiger partial charge in [0.1, 0.15) is 5.78 Å². The van der Waals surface area contributed by atoms with Gasteiger partial charge in [0.2, 0.25) is 0 Å². The minimum atomic E-state index is -0.145. The van der Waals surface area contributed by atoms with Crippen LogP contribution in [0, 0.1) is 11.3 Å². The van der Waals surface area contributed by atoms with Crippen LogP contribution in [0.4, 0.5) is 0 Å². The lowest BCUT2D eigenvalue weighted by atomic mass is 9.76. The van der Waals surface area contributed by atoms with E-state index in [2.05, 4.69) is 6.92 Å². The van der Waals surface area contributed by atoms with E-state index in [4.69, 9.17) is 4.74 Å². The van der Waals surface area contributed by atoms with Gasteiger partial charge in [-0.15, -0.1) is 0 Å². The lowest BCUT2D eigenvalue weighted by Gasteiger charge is -2.25. The predicted octanol–water partition coefficient (Wildman–Crippen LogP) is 2.03. The highest BCUT2D eigenvalue weighted by Gasteiger charge is 2.40. The normalized spacial score (nSPS) is 29.7. The van der Waals surface area contributed by atoms with Gasteiger partial charge in [-0.25, -0.2) is 0 Å². The molecular formula is C10H18O2. The third-order valence-corrected chi connectivity index (χ3v) is 2.83. The lowest BCUT2D eigenvalue weighted by molar-refractivity contribution is -0.132. The Labute approximate surface area is 74.3 Å². The molecule has 1 aliphatic heterocycles. The molecule has 0 saturated carbocycles. The van der Waals surface area contributed by atoms with E-state index >= 15 is 0 Å². The molecule has 0 aromatic heterocycles. The van der Waals surface area contributed by atoms with Gasteiger partial charge >= 0.3 is 0 Å². The van der Waals surface area contributed by atoms with Gasteiger partial charge in [0, 0.05) is 12.5 Å². The molecule has 0 unspecified atom stereocenters. The summed E-state index contributed by atoms with van der Waals surface area (Å²) in [5.41, 5.74) is -0.145. The first-order valence-electron chi connectivity index (χ1n) is 4.74. The van der Waals surface area contributed by atoms with Gasteiger partial charge in [-0.2, -0.15) is 0 Å². The van der Waals surface area contributed by atoms with Crippen molar-refractivity contribution in [3.05, 3.63) is 0 Å². The highest BCUT2D eigenvalue weighted by atomic mass is 16.5. The van der Waals surface area contributed by atoms with Crippen molar-refractivity contribution >= 4 is 5.78 Å². The number of ketones is 1. The first-order chi connectivity index (χ1) is 5.62. The molecule has 0 N–H and O–H groups in total. The Hall–Kier alpha value is -0.370. The van der Waals surface area contributed by atoms with E-state index in [-0.39, 0.29) is 11.3 Å². The third kappa shape index (κ3) is 1.53. The fourth-order valence-electron chi connectivity index (χ4n) is 1.87. The van der Waals surface area contributed by atoms with Crippen LogP contribution in [0.2, 0.25) is 0 Å². The van der Waals surface area contributed by atoms with Crippen LogP contribution in [0.5, 0.6) is 0 Å². The van der Waals surface area contributed by atoms with Crippen LogP contribution in [0.15, 0.2) is 0 Å². The average molecular weight is 170 g/mol. The Morgan fingerprint density at radius 1 is 1.58 bits per heavy atom. The maximum absolute atomic E-state index is 11.8. The Morgan fingerprint density at radius 2 is 2.25 bits per heavy atom. The van der Waals surface area contributed by atoms with Crippen LogP contribution in [-0.2, 0) is 9.53 Å². The standard InChI is InChI=1S/C10H18O2/c1-4-10(5-6-12-7-10)9(11)8(2)3/h8H,4-7H2,1-3H3/t10-/m1/s1. The van der Waals surface area contributed by atoms with Gasteiger partial charge in [0.05, 0.1) is 12.0 Å². The second-order valence-electron chi connectivity index (χ2n) is 3.96. The van der Waals surface area contributed by atoms with Gasteiger partial charge in [-0.1, -0.05) is 20.8 Å². The molecule has 1 saturated heterocycles. The highest BCUT2D eigenvalue weighted by Crippen LogP contribution is 2.35. The van der Waals surface area contributed by atoms with Crippen LogP contribution in [-0.4, -0.2) is 19.0 Å². The molecule has 1 heterocycles. The molecule has 0 spiro atoms. The molecule has 0 aromatic carbocycles. The average Bonchev–Trinajstić information content (AvgIpc) is 2.52. The van der Waals surface area contributed by atoms with Crippen molar-refractivity contribution in [2.45, 2.75) is 33.6 Å². The van der Waals surface area contributed by atoms with E-state index in [9.17, 15) is 4.79 Å². The van der Waals surface area contributed by atoms with E-state index in [1.807, 2.05) is 13.8 Å². The van der Waals surface area contributed by atoms with Gasteiger partial charge in [-0.3, -0.25) is 4.79 Å². The number of hydrogen-bond acceptors (Lipinski definition) is 2. The first kappa shape index (κ1) is 9.72. The van der Waals surface area contributed by atoms with Crippen molar-refractivity contribution in [1.82, 2.24) is 0 Å². The zero-order chi connectivity index (χ0) is 9.19. The minimum absolute atomic E-state index is 0.145. The Balaban J connectivity index is 2.72. The van der Waals surface area contributed by atoms with Gasteiger partial charge in [0.25, 0.3) is 0 Å². The fraction of sp³-hybridized carbons (Fsp3) is 0.900. The van der Waals surface area contributed by atoms with E-state index in [1.54, 1.807) is 0 Å². The smallest absolute Gasteiger partial charge is 0.143 e. The first-order valence-corrected chi connectivity index (χ1v) is 4.74. The van der Waals surface area contributed by atoms with Crippen LogP contribution in [0.25, 0.3) is 0 Å². The molecule has 1 rings (SSSR count). The van der Waals surface area contributed by atoms with Gasteiger partial charge < -0.3 is 4.74 Å². The molecular weight excluding hydrogens is 152 g/mol. The fourth-order valence-corrected chi connectivity index (χ4v) is 1.87. The van der Waals surface area contributed by atoms with Crippen molar-refractivity contribution in [2.24, 2.45) is 11.3 Å². The topological polar surface area (TPSA) is 26.3 Å². The number of ether oxygens (including phenoxy) is 1. The number of hydrogen-bond donors (Lipinski definition) is 0. The molecule has 0 aromatic rings. The highest BCUT2D eigenvalue weighted by molar-refractivity contribution is 5.86. The summed E-state index contributed by atoms with van der Waals surface area (Å²) in [6.45, 7) is 7.41. The molecule has 0 amide bonds. The number of Topliss-reactive ketones (excluding diaryl/α,β-unsaturated/α-hetero) is 1. The van der Waals surface area contributed by atoms with Crippen molar-refractivity contribution in [1.29, 1.82) is 0 Å². The van der Waals surface area contributed by atoms with Gasteiger partial charge in [-0.05, 0) is 12.8 Å². The molecule has 1 atom stereocenters. The zero-order valence-electron chi connectivity index (χ0n) is 8.22. The zero-order valence-corrected chi connectivity index (χ0v) is 8.22. The van der Waals surface area contributed by atoms with E-state index in [0.717, 1.165) is 19.4 Å². The van der Waals surface area contributed by atoms with Crippen molar-refractivity contribution in [3.8, 4) is 0 Å². The summed E-state index contributed by atoms with van der Waals surface area (Å²) in [7, 11) is 0. The molecule has 1 fully saturated rings. The quantitative estimate of drug-likeness (QED) is 0.647.